The molecule has 1 nitrogen and oxygen atoms in total. The highest BCUT2D eigenvalue weighted by molar-refractivity contribution is 9.10. The van der Waals surface area contributed by atoms with Gasteiger partial charge >= 0.3 is 6.18 Å². The average molecular weight is 282 g/mol. The molecule has 0 spiro atoms. The highest BCUT2D eigenvalue weighted by atomic mass is 79.9. The van der Waals surface area contributed by atoms with Gasteiger partial charge in [0.1, 0.15) is 0 Å². The molecule has 1 atom stereocenters. The molecule has 0 aliphatic carbocycles. The second kappa shape index (κ2) is 4.51. The monoisotopic (exact) mass is 281 g/mol. The van der Waals surface area contributed by atoms with Gasteiger partial charge in [0, 0.05) is 22.8 Å². The van der Waals surface area contributed by atoms with Crippen LogP contribution in [0.3, 0.4) is 0 Å². The average Bonchev–Trinajstić information content (AvgIpc) is 2.10. The smallest absolute Gasteiger partial charge is 0.260 e. The molecule has 0 aromatic carbocycles. The third-order valence-corrected chi connectivity index (χ3v) is 3.01. The van der Waals surface area contributed by atoms with Crippen molar-refractivity contribution in [2.45, 2.75) is 26.4 Å². The number of hydrogen-bond donors (Lipinski definition) is 0. The van der Waals surface area contributed by atoms with Crippen molar-refractivity contribution in [2.75, 3.05) is 0 Å². The molecule has 0 aliphatic rings. The van der Waals surface area contributed by atoms with Crippen LogP contribution in [-0.4, -0.2) is 11.2 Å². The highest BCUT2D eigenvalue weighted by Crippen LogP contribution is 2.28. The van der Waals surface area contributed by atoms with E-state index in [4.69, 9.17) is 0 Å². The normalized spacial score (nSPS) is 14.0. The standard InChI is InChI=1S/C10H11BrF3N/c1-6-3-8(15-5-9(6)11)4-7(2)10(12,13)14/h3,5,7H,4H2,1-2H3/t7-/m0/s1. The first-order chi connectivity index (χ1) is 6.80. The summed E-state index contributed by atoms with van der Waals surface area (Å²) < 4.78 is 37.6. The summed E-state index contributed by atoms with van der Waals surface area (Å²) in [5.41, 5.74) is 1.37. The van der Waals surface area contributed by atoms with Crippen LogP contribution in [0, 0.1) is 12.8 Å². The third kappa shape index (κ3) is 3.48. The fraction of sp³-hybridized carbons (Fsp3) is 0.500. The van der Waals surface area contributed by atoms with Gasteiger partial charge in [0.2, 0.25) is 0 Å². The Hall–Kier alpha value is -0.580. The van der Waals surface area contributed by atoms with Crippen molar-refractivity contribution in [1.82, 2.24) is 4.98 Å². The molecule has 1 aromatic heterocycles. The van der Waals surface area contributed by atoms with Crippen molar-refractivity contribution in [1.29, 1.82) is 0 Å². The van der Waals surface area contributed by atoms with Gasteiger partial charge in [-0.1, -0.05) is 6.92 Å². The molecule has 84 valence electrons. The Morgan fingerprint density at radius 3 is 2.53 bits per heavy atom. The Morgan fingerprint density at radius 2 is 2.07 bits per heavy atom. The molecule has 0 bridgehead atoms. The summed E-state index contributed by atoms with van der Waals surface area (Å²) >= 11 is 3.25. The summed E-state index contributed by atoms with van der Waals surface area (Å²) in [6, 6.07) is 1.67. The quantitative estimate of drug-likeness (QED) is 0.801. The molecule has 15 heavy (non-hydrogen) atoms. The molecule has 0 N–H and O–H groups in total. The maximum atomic E-state index is 12.3. The van der Waals surface area contributed by atoms with Crippen LogP contribution in [0.1, 0.15) is 18.2 Å². The van der Waals surface area contributed by atoms with Gasteiger partial charge in [-0.25, -0.2) is 0 Å². The van der Waals surface area contributed by atoms with Gasteiger partial charge in [-0.05, 0) is 34.5 Å². The largest absolute Gasteiger partial charge is 0.391 e. The molecule has 1 rings (SSSR count). The zero-order valence-electron chi connectivity index (χ0n) is 8.40. The van der Waals surface area contributed by atoms with Crippen LogP contribution in [0.15, 0.2) is 16.7 Å². The minimum Gasteiger partial charge on any atom is -0.260 e. The van der Waals surface area contributed by atoms with Crippen LogP contribution < -0.4 is 0 Å². The number of aromatic nitrogens is 1. The lowest BCUT2D eigenvalue weighted by Crippen LogP contribution is -2.22. The summed E-state index contributed by atoms with van der Waals surface area (Å²) in [6.07, 6.45) is -2.69. The van der Waals surface area contributed by atoms with Crippen LogP contribution >= 0.6 is 15.9 Å². The fourth-order valence-electron chi connectivity index (χ4n) is 1.14. The number of aryl methyl sites for hydroxylation is 1. The number of pyridine rings is 1. The lowest BCUT2D eigenvalue weighted by atomic mass is 10.0. The van der Waals surface area contributed by atoms with Crippen molar-refractivity contribution >= 4 is 15.9 Å². The number of rotatable bonds is 2. The zero-order valence-corrected chi connectivity index (χ0v) is 9.98. The summed E-state index contributed by atoms with van der Waals surface area (Å²) in [7, 11) is 0. The highest BCUT2D eigenvalue weighted by Gasteiger charge is 2.35. The van der Waals surface area contributed by atoms with Gasteiger partial charge in [0.05, 0.1) is 5.92 Å². The molecule has 0 fully saturated rings. The van der Waals surface area contributed by atoms with E-state index >= 15 is 0 Å². The molecule has 5 heteroatoms. The van der Waals surface area contributed by atoms with Gasteiger partial charge < -0.3 is 0 Å². The van der Waals surface area contributed by atoms with E-state index in [-0.39, 0.29) is 6.42 Å². The maximum absolute atomic E-state index is 12.3. The number of alkyl halides is 3. The summed E-state index contributed by atoms with van der Waals surface area (Å²) in [5.74, 6) is -1.36. The van der Waals surface area contributed by atoms with Gasteiger partial charge in [-0.2, -0.15) is 13.2 Å². The van der Waals surface area contributed by atoms with E-state index in [1.54, 1.807) is 6.07 Å². The van der Waals surface area contributed by atoms with E-state index in [1.807, 2.05) is 6.92 Å². The molecular formula is C10H11BrF3N. The lowest BCUT2D eigenvalue weighted by molar-refractivity contribution is -0.169. The Labute approximate surface area is 94.8 Å². The minimum absolute atomic E-state index is 0.0718. The Morgan fingerprint density at radius 1 is 1.47 bits per heavy atom. The van der Waals surface area contributed by atoms with Crippen molar-refractivity contribution in [3.05, 3.63) is 28.0 Å². The minimum atomic E-state index is -4.15. The van der Waals surface area contributed by atoms with E-state index in [0.717, 1.165) is 10.0 Å². The second-order valence-electron chi connectivity index (χ2n) is 3.57. The van der Waals surface area contributed by atoms with Crippen LogP contribution in [0.4, 0.5) is 13.2 Å². The number of nitrogens with zero attached hydrogens (tertiary/aromatic N) is 1. The Balaban J connectivity index is 2.78. The molecule has 0 saturated heterocycles. The summed E-state index contributed by atoms with van der Waals surface area (Å²) in [5, 5.41) is 0. The topological polar surface area (TPSA) is 12.9 Å². The first-order valence-electron chi connectivity index (χ1n) is 4.48. The van der Waals surface area contributed by atoms with Crippen molar-refractivity contribution in [2.24, 2.45) is 5.92 Å². The van der Waals surface area contributed by atoms with Gasteiger partial charge in [0.15, 0.2) is 0 Å². The molecular weight excluding hydrogens is 271 g/mol. The van der Waals surface area contributed by atoms with Gasteiger partial charge in [-0.3, -0.25) is 4.98 Å². The van der Waals surface area contributed by atoms with Crippen molar-refractivity contribution in [3.8, 4) is 0 Å². The molecule has 1 heterocycles. The second-order valence-corrected chi connectivity index (χ2v) is 4.43. The van der Waals surface area contributed by atoms with E-state index in [2.05, 4.69) is 20.9 Å². The van der Waals surface area contributed by atoms with Crippen LogP contribution in [0.2, 0.25) is 0 Å². The molecule has 0 aliphatic heterocycles. The van der Waals surface area contributed by atoms with Crippen LogP contribution in [-0.2, 0) is 6.42 Å². The summed E-state index contributed by atoms with van der Waals surface area (Å²) in [6.45, 7) is 2.99. The van der Waals surface area contributed by atoms with E-state index in [9.17, 15) is 13.2 Å². The zero-order chi connectivity index (χ0) is 11.6. The Kier molecular flexibility index (Phi) is 3.76. The molecule has 0 radical (unpaired) electrons. The third-order valence-electron chi connectivity index (χ3n) is 2.18. The SMILES string of the molecule is Cc1cc(C[C@H](C)C(F)(F)F)ncc1Br. The van der Waals surface area contributed by atoms with E-state index < -0.39 is 12.1 Å². The van der Waals surface area contributed by atoms with Crippen molar-refractivity contribution in [3.63, 3.8) is 0 Å². The van der Waals surface area contributed by atoms with Crippen LogP contribution in [0.25, 0.3) is 0 Å². The molecule has 1 aromatic rings. The number of halogens is 4. The van der Waals surface area contributed by atoms with E-state index in [1.165, 1.54) is 13.1 Å². The van der Waals surface area contributed by atoms with E-state index in [0.29, 0.717) is 5.69 Å². The predicted molar refractivity (Wildman–Crippen MR) is 55.6 cm³/mol. The first kappa shape index (κ1) is 12.5. The Bertz CT molecular complexity index is 349. The van der Waals surface area contributed by atoms with Gasteiger partial charge in [0.25, 0.3) is 0 Å². The van der Waals surface area contributed by atoms with Crippen LogP contribution in [0.5, 0.6) is 0 Å². The first-order valence-corrected chi connectivity index (χ1v) is 5.27. The fourth-order valence-corrected chi connectivity index (χ4v) is 1.36. The molecule has 0 saturated carbocycles. The van der Waals surface area contributed by atoms with Crippen molar-refractivity contribution < 1.29 is 13.2 Å². The van der Waals surface area contributed by atoms with Gasteiger partial charge in [-0.15, -0.1) is 0 Å². The number of hydrogen-bond acceptors (Lipinski definition) is 1. The summed E-state index contributed by atoms with van der Waals surface area (Å²) in [4.78, 5) is 3.95. The predicted octanol–water partition coefficient (Wildman–Crippen LogP) is 3.89. The molecule has 0 unspecified atom stereocenters. The molecule has 0 amide bonds. The lowest BCUT2D eigenvalue weighted by Gasteiger charge is -2.15. The maximum Gasteiger partial charge on any atom is 0.391 e.